The molecule has 0 spiro atoms. The summed E-state index contributed by atoms with van der Waals surface area (Å²) >= 11 is 0. The van der Waals surface area contributed by atoms with Crippen molar-refractivity contribution in [1.82, 2.24) is 9.78 Å². The van der Waals surface area contributed by atoms with Crippen molar-refractivity contribution in [3.63, 3.8) is 0 Å². The quantitative estimate of drug-likeness (QED) is 0.748. The maximum atomic E-state index is 14.3. The molecule has 2 aromatic rings. The minimum atomic E-state index is -5.25. The number of aromatic nitrogens is 2. The number of esters is 1. The Morgan fingerprint density at radius 1 is 1.38 bits per heavy atom. The molecule has 3 rings (SSSR count). The predicted molar refractivity (Wildman–Crippen MR) is 95.3 cm³/mol. The SMILES string of the molecule is CCOC(=O)[C@@]1(C(F)(F)F)C(C#N)=C(N)Nc2cc(-c3ccc(OC)cc3)nn21. The molecule has 2 heterocycles. The molecule has 152 valence electrons. The van der Waals surface area contributed by atoms with Crippen molar-refractivity contribution in [2.24, 2.45) is 5.73 Å². The lowest BCUT2D eigenvalue weighted by atomic mass is 9.87. The Bertz CT molecular complexity index is 1020. The molecule has 0 bridgehead atoms. The summed E-state index contributed by atoms with van der Waals surface area (Å²) in [5.41, 5.74) is 1.72. The number of ether oxygens (including phenoxy) is 2. The van der Waals surface area contributed by atoms with E-state index in [4.69, 9.17) is 10.5 Å². The van der Waals surface area contributed by atoms with Crippen molar-refractivity contribution in [2.75, 3.05) is 19.0 Å². The second-order valence-corrected chi connectivity index (χ2v) is 6.01. The number of carbonyl (C=O) groups excluding carboxylic acids is 1. The second-order valence-electron chi connectivity index (χ2n) is 6.01. The summed E-state index contributed by atoms with van der Waals surface area (Å²) in [6.07, 6.45) is -5.25. The van der Waals surface area contributed by atoms with E-state index in [-0.39, 0.29) is 18.1 Å². The number of methoxy groups -OCH3 is 1. The molecular weight excluding hydrogens is 391 g/mol. The van der Waals surface area contributed by atoms with Crippen LogP contribution in [0.2, 0.25) is 0 Å². The molecule has 3 N–H and O–H groups in total. The zero-order valence-electron chi connectivity index (χ0n) is 15.4. The fourth-order valence-electron chi connectivity index (χ4n) is 3.07. The van der Waals surface area contributed by atoms with Gasteiger partial charge in [0, 0.05) is 11.6 Å². The van der Waals surface area contributed by atoms with Gasteiger partial charge in [-0.3, -0.25) is 0 Å². The fourth-order valence-corrected chi connectivity index (χ4v) is 3.07. The number of alkyl halides is 3. The van der Waals surface area contributed by atoms with Crippen molar-refractivity contribution >= 4 is 11.8 Å². The van der Waals surface area contributed by atoms with E-state index in [1.54, 1.807) is 24.3 Å². The Morgan fingerprint density at radius 2 is 2.03 bits per heavy atom. The third-order valence-corrected chi connectivity index (χ3v) is 4.40. The summed E-state index contributed by atoms with van der Waals surface area (Å²) in [5, 5.41) is 15.9. The first-order valence-electron chi connectivity index (χ1n) is 8.37. The molecule has 0 radical (unpaired) electrons. The number of fused-ring (bicyclic) bond motifs is 1. The lowest BCUT2D eigenvalue weighted by Gasteiger charge is -2.37. The van der Waals surface area contributed by atoms with Crippen LogP contribution in [0.25, 0.3) is 11.3 Å². The van der Waals surface area contributed by atoms with E-state index in [0.29, 0.717) is 16.0 Å². The number of nitrogens with zero attached hydrogens (tertiary/aromatic N) is 3. The van der Waals surface area contributed by atoms with Gasteiger partial charge in [-0.25, -0.2) is 9.48 Å². The van der Waals surface area contributed by atoms with Gasteiger partial charge in [-0.05, 0) is 31.2 Å². The van der Waals surface area contributed by atoms with Gasteiger partial charge in [-0.15, -0.1) is 0 Å². The van der Waals surface area contributed by atoms with Crippen molar-refractivity contribution in [3.05, 3.63) is 41.7 Å². The number of anilines is 1. The smallest absolute Gasteiger partial charge is 0.429 e. The van der Waals surface area contributed by atoms with E-state index in [1.807, 2.05) is 0 Å². The molecule has 1 aliphatic rings. The van der Waals surface area contributed by atoms with Crippen LogP contribution < -0.4 is 15.8 Å². The van der Waals surface area contributed by atoms with Gasteiger partial charge in [-0.1, -0.05) is 0 Å². The fraction of sp³-hybridized carbons (Fsp3) is 0.278. The summed E-state index contributed by atoms with van der Waals surface area (Å²) < 4.78 is 53.1. The van der Waals surface area contributed by atoms with Crippen molar-refractivity contribution in [1.29, 1.82) is 5.26 Å². The molecule has 8 nitrogen and oxygen atoms in total. The monoisotopic (exact) mass is 407 g/mol. The van der Waals surface area contributed by atoms with Gasteiger partial charge in [0.1, 0.15) is 29.0 Å². The van der Waals surface area contributed by atoms with E-state index in [2.05, 4.69) is 15.2 Å². The number of hydrogen-bond donors (Lipinski definition) is 2. The first-order valence-corrected chi connectivity index (χ1v) is 8.37. The lowest BCUT2D eigenvalue weighted by molar-refractivity contribution is -0.218. The van der Waals surface area contributed by atoms with Crippen LogP contribution in [-0.2, 0) is 15.1 Å². The van der Waals surface area contributed by atoms with Gasteiger partial charge in [0.25, 0.3) is 5.54 Å². The van der Waals surface area contributed by atoms with E-state index < -0.39 is 29.1 Å². The van der Waals surface area contributed by atoms with Gasteiger partial charge in [0.05, 0.1) is 19.4 Å². The Balaban J connectivity index is 2.27. The van der Waals surface area contributed by atoms with E-state index in [9.17, 15) is 23.2 Å². The van der Waals surface area contributed by atoms with Crippen LogP contribution in [0.5, 0.6) is 5.75 Å². The van der Waals surface area contributed by atoms with E-state index in [1.165, 1.54) is 26.2 Å². The molecule has 1 aromatic carbocycles. The number of halogens is 3. The van der Waals surface area contributed by atoms with Crippen LogP contribution in [0.4, 0.5) is 19.0 Å². The Hall–Kier alpha value is -3.68. The summed E-state index contributed by atoms with van der Waals surface area (Å²) in [6, 6.07) is 9.08. The van der Waals surface area contributed by atoms with Crippen LogP contribution in [-0.4, -0.2) is 35.6 Å². The standard InChI is InChI=1S/C18H16F3N5O3/c1-3-29-16(27)17(18(19,20)21)12(9-22)15(23)24-14-8-13(25-26(14)17)10-4-6-11(28-2)7-5-10/h4-8,24H,3,23H2,1-2H3/t17-/m1/s1. The number of benzene rings is 1. The summed E-state index contributed by atoms with van der Waals surface area (Å²) in [5.74, 6) is -1.96. The molecule has 1 aromatic heterocycles. The normalized spacial score (nSPS) is 18.5. The maximum absolute atomic E-state index is 14.3. The number of hydrogen-bond acceptors (Lipinski definition) is 7. The summed E-state index contributed by atoms with van der Waals surface area (Å²) in [6.45, 7) is 1.03. The topological polar surface area (TPSA) is 115 Å². The van der Waals surface area contributed by atoms with Crippen LogP contribution in [0.3, 0.4) is 0 Å². The van der Waals surface area contributed by atoms with Gasteiger partial charge >= 0.3 is 12.1 Å². The number of rotatable bonds is 4. The van der Waals surface area contributed by atoms with Gasteiger partial charge in [0.2, 0.25) is 0 Å². The molecule has 1 atom stereocenters. The molecule has 1 aliphatic heterocycles. The highest BCUT2D eigenvalue weighted by Gasteiger charge is 2.69. The number of nitriles is 1. The highest BCUT2D eigenvalue weighted by Crippen LogP contribution is 2.48. The Kier molecular flexibility index (Phi) is 4.88. The van der Waals surface area contributed by atoms with Gasteiger partial charge < -0.3 is 20.5 Å². The largest absolute Gasteiger partial charge is 0.497 e. The average molecular weight is 407 g/mol. The summed E-state index contributed by atoms with van der Waals surface area (Å²) in [7, 11) is 1.48. The molecule has 11 heteroatoms. The molecule has 0 unspecified atom stereocenters. The minimum absolute atomic E-state index is 0.125. The third-order valence-electron chi connectivity index (χ3n) is 4.40. The zero-order valence-corrected chi connectivity index (χ0v) is 15.4. The Labute approximate surface area is 163 Å². The molecule has 29 heavy (non-hydrogen) atoms. The number of nitrogens with one attached hydrogen (secondary N) is 1. The van der Waals surface area contributed by atoms with E-state index >= 15 is 0 Å². The molecule has 0 aliphatic carbocycles. The first kappa shape index (κ1) is 20.1. The first-order chi connectivity index (χ1) is 13.7. The predicted octanol–water partition coefficient (Wildman–Crippen LogP) is 2.50. The number of nitrogens with two attached hydrogens (primary N) is 1. The average Bonchev–Trinajstić information content (AvgIpc) is 3.09. The van der Waals surface area contributed by atoms with Crippen LogP contribution in [0.15, 0.2) is 41.7 Å². The number of carbonyl (C=O) groups is 1. The highest BCUT2D eigenvalue weighted by atomic mass is 19.4. The maximum Gasteiger partial charge on any atom is 0.429 e. The lowest BCUT2D eigenvalue weighted by Crippen LogP contribution is -2.59. The third kappa shape index (κ3) is 2.93. The molecule has 0 amide bonds. The summed E-state index contributed by atoms with van der Waals surface area (Å²) in [4.78, 5) is 12.6. The van der Waals surface area contributed by atoms with Gasteiger partial charge in [0.15, 0.2) is 0 Å². The van der Waals surface area contributed by atoms with Crippen LogP contribution in [0.1, 0.15) is 6.92 Å². The van der Waals surface area contributed by atoms with Crippen LogP contribution >= 0.6 is 0 Å². The van der Waals surface area contributed by atoms with Crippen molar-refractivity contribution in [2.45, 2.75) is 18.6 Å². The second kappa shape index (κ2) is 7.05. The van der Waals surface area contributed by atoms with E-state index in [0.717, 1.165) is 0 Å². The zero-order chi connectivity index (χ0) is 21.4. The highest BCUT2D eigenvalue weighted by molar-refractivity contribution is 5.88. The molecule has 0 fully saturated rings. The Morgan fingerprint density at radius 3 is 2.55 bits per heavy atom. The molecular formula is C18H16F3N5O3. The van der Waals surface area contributed by atoms with Gasteiger partial charge in [-0.2, -0.15) is 23.5 Å². The van der Waals surface area contributed by atoms with Crippen LogP contribution in [0, 0.1) is 11.3 Å². The molecule has 0 saturated carbocycles. The van der Waals surface area contributed by atoms with Crippen molar-refractivity contribution < 1.29 is 27.4 Å². The minimum Gasteiger partial charge on any atom is -0.497 e. The molecule has 0 saturated heterocycles. The van der Waals surface area contributed by atoms with Crippen molar-refractivity contribution in [3.8, 4) is 23.1 Å².